The molecule has 0 spiro atoms. The average molecular weight is 524 g/mol. The van der Waals surface area contributed by atoms with Crippen LogP contribution < -0.4 is 0 Å². The smallest absolute Gasteiger partial charge is 0.344 e. The van der Waals surface area contributed by atoms with Gasteiger partial charge in [-0.3, -0.25) is 9.69 Å². The monoisotopic (exact) mass is 523 g/mol. The van der Waals surface area contributed by atoms with Crippen molar-refractivity contribution in [2.75, 3.05) is 46.3 Å². The molecule has 0 radical (unpaired) electrons. The van der Waals surface area contributed by atoms with E-state index in [1.165, 1.54) is 11.6 Å². The van der Waals surface area contributed by atoms with Gasteiger partial charge < -0.3 is 9.80 Å². The van der Waals surface area contributed by atoms with E-state index >= 15 is 0 Å². The van der Waals surface area contributed by atoms with Gasteiger partial charge in [0.2, 0.25) is 5.91 Å². The normalized spacial score (nSPS) is 15.8. The Morgan fingerprint density at radius 3 is 2.13 bits per heavy atom. The van der Waals surface area contributed by atoms with Crippen molar-refractivity contribution in [1.29, 1.82) is 0 Å². The van der Waals surface area contributed by atoms with E-state index in [4.69, 9.17) is 0 Å². The van der Waals surface area contributed by atoms with Gasteiger partial charge >= 0.3 is 6.18 Å². The van der Waals surface area contributed by atoms with Gasteiger partial charge in [0, 0.05) is 46.3 Å². The second kappa shape index (κ2) is 12.6. The molecule has 1 atom stereocenters. The van der Waals surface area contributed by atoms with E-state index in [1.54, 1.807) is 24.9 Å². The van der Waals surface area contributed by atoms with Gasteiger partial charge in [-0.2, -0.15) is 13.2 Å². The summed E-state index contributed by atoms with van der Waals surface area (Å²) in [5.41, 5.74) is 2.77. The highest BCUT2D eigenvalue weighted by molar-refractivity contribution is 5.83. The maximum atomic E-state index is 13.7. The van der Waals surface area contributed by atoms with Gasteiger partial charge in [-0.25, -0.2) is 0 Å². The molecule has 1 aliphatic heterocycles. The summed E-state index contributed by atoms with van der Waals surface area (Å²) in [5.74, 6) is -0.0300. The van der Waals surface area contributed by atoms with E-state index in [-0.39, 0.29) is 5.91 Å². The molecule has 1 heterocycles. The third kappa shape index (κ3) is 7.45. The SMILES string of the molecule is Cc1cc(CCN(C)C(=O)C(c2ccccc2)N2CCN(CCc3ccccc3)CC2)cc(C(F)(F)F)c1. The lowest BCUT2D eigenvalue weighted by Gasteiger charge is -2.40. The summed E-state index contributed by atoms with van der Waals surface area (Å²) in [4.78, 5) is 20.1. The molecular formula is C31H36F3N3O. The first-order chi connectivity index (χ1) is 18.2. The van der Waals surface area contributed by atoms with Crippen LogP contribution >= 0.6 is 0 Å². The van der Waals surface area contributed by atoms with Crippen molar-refractivity contribution in [2.24, 2.45) is 0 Å². The van der Waals surface area contributed by atoms with E-state index in [1.807, 2.05) is 36.4 Å². The van der Waals surface area contributed by atoms with Crippen LogP contribution in [0.1, 0.15) is 33.9 Å². The fraction of sp³-hybridized carbons (Fsp3) is 0.387. The lowest BCUT2D eigenvalue weighted by molar-refractivity contribution is -0.138. The molecule has 1 saturated heterocycles. The Hall–Kier alpha value is -3.16. The molecule has 0 N–H and O–H groups in total. The van der Waals surface area contributed by atoms with Crippen molar-refractivity contribution in [3.63, 3.8) is 0 Å². The third-order valence-corrected chi connectivity index (χ3v) is 7.26. The quantitative estimate of drug-likeness (QED) is 0.365. The van der Waals surface area contributed by atoms with Crippen LogP contribution in [0.25, 0.3) is 0 Å². The Bertz CT molecular complexity index is 1180. The number of amides is 1. The zero-order valence-electron chi connectivity index (χ0n) is 22.1. The molecule has 1 aliphatic rings. The highest BCUT2D eigenvalue weighted by Gasteiger charge is 2.33. The number of hydrogen-bond acceptors (Lipinski definition) is 3. The molecule has 0 aliphatic carbocycles. The van der Waals surface area contributed by atoms with Crippen LogP contribution in [0.3, 0.4) is 0 Å². The second-order valence-corrected chi connectivity index (χ2v) is 10.1. The van der Waals surface area contributed by atoms with Crippen molar-refractivity contribution in [2.45, 2.75) is 32.0 Å². The number of benzene rings is 3. The standard InChI is InChI=1S/C31H36F3N3O/c1-24-21-26(23-28(22-24)31(32,33)34)13-15-35(2)30(38)29(27-11-7-4-8-12-27)37-19-17-36(18-20-37)16-14-25-9-5-3-6-10-25/h3-12,21-23,29H,13-20H2,1-2H3. The number of halogens is 3. The van der Waals surface area contributed by atoms with Crippen LogP contribution in [0.15, 0.2) is 78.9 Å². The lowest BCUT2D eigenvalue weighted by atomic mass is 10.0. The minimum atomic E-state index is -4.38. The van der Waals surface area contributed by atoms with Crippen LogP contribution in [0.2, 0.25) is 0 Å². The Kier molecular flexibility index (Phi) is 9.23. The zero-order valence-corrected chi connectivity index (χ0v) is 22.1. The summed E-state index contributed by atoms with van der Waals surface area (Å²) in [7, 11) is 1.74. The van der Waals surface area contributed by atoms with Crippen molar-refractivity contribution in [3.8, 4) is 0 Å². The summed E-state index contributed by atoms with van der Waals surface area (Å²) < 4.78 is 39.8. The van der Waals surface area contributed by atoms with E-state index in [0.29, 0.717) is 24.1 Å². The van der Waals surface area contributed by atoms with Gasteiger partial charge in [0.25, 0.3) is 0 Å². The van der Waals surface area contributed by atoms with Crippen molar-refractivity contribution in [3.05, 3.63) is 107 Å². The minimum absolute atomic E-state index is 0.0300. The first kappa shape index (κ1) is 27.9. The molecule has 4 nitrogen and oxygen atoms in total. The largest absolute Gasteiger partial charge is 0.416 e. The Morgan fingerprint density at radius 1 is 0.868 bits per heavy atom. The fourth-order valence-electron chi connectivity index (χ4n) is 5.11. The van der Waals surface area contributed by atoms with Crippen molar-refractivity contribution in [1.82, 2.24) is 14.7 Å². The van der Waals surface area contributed by atoms with Crippen LogP contribution in [-0.2, 0) is 23.8 Å². The molecule has 202 valence electrons. The van der Waals surface area contributed by atoms with Gasteiger partial charge in [0.05, 0.1) is 5.56 Å². The first-order valence-electron chi connectivity index (χ1n) is 13.2. The number of hydrogen-bond donors (Lipinski definition) is 0. The Balaban J connectivity index is 1.40. The van der Waals surface area contributed by atoms with Gasteiger partial charge in [-0.15, -0.1) is 0 Å². The topological polar surface area (TPSA) is 26.8 Å². The molecular weight excluding hydrogens is 487 g/mol. The number of rotatable bonds is 9. The van der Waals surface area contributed by atoms with Crippen LogP contribution in [0, 0.1) is 6.92 Å². The van der Waals surface area contributed by atoms with E-state index < -0.39 is 17.8 Å². The Morgan fingerprint density at radius 2 is 1.50 bits per heavy atom. The molecule has 4 rings (SSSR count). The Labute approximate surface area is 223 Å². The van der Waals surface area contributed by atoms with Gasteiger partial charge in [-0.1, -0.05) is 72.3 Å². The van der Waals surface area contributed by atoms with Crippen LogP contribution in [-0.4, -0.2) is 66.9 Å². The summed E-state index contributed by atoms with van der Waals surface area (Å²) in [5, 5.41) is 0. The molecule has 0 bridgehead atoms. The average Bonchev–Trinajstić information content (AvgIpc) is 2.92. The summed E-state index contributed by atoms with van der Waals surface area (Å²) in [6.07, 6.45) is -3.02. The zero-order chi connectivity index (χ0) is 27.1. The molecule has 7 heteroatoms. The number of piperazine rings is 1. The predicted molar refractivity (Wildman–Crippen MR) is 145 cm³/mol. The fourth-order valence-corrected chi connectivity index (χ4v) is 5.11. The number of carbonyl (C=O) groups excluding carboxylic acids is 1. The first-order valence-corrected chi connectivity index (χ1v) is 13.2. The number of aryl methyl sites for hydroxylation is 1. The van der Waals surface area contributed by atoms with E-state index in [0.717, 1.165) is 50.8 Å². The molecule has 1 amide bonds. The summed E-state index contributed by atoms with van der Waals surface area (Å²) in [6.45, 7) is 6.32. The second-order valence-electron chi connectivity index (χ2n) is 10.1. The van der Waals surface area contributed by atoms with Gasteiger partial charge in [0.1, 0.15) is 6.04 Å². The van der Waals surface area contributed by atoms with Crippen molar-refractivity contribution < 1.29 is 18.0 Å². The molecule has 1 unspecified atom stereocenters. The van der Waals surface area contributed by atoms with Gasteiger partial charge in [0.15, 0.2) is 0 Å². The maximum Gasteiger partial charge on any atom is 0.416 e. The predicted octanol–water partition coefficient (Wildman–Crippen LogP) is 5.62. The number of carbonyl (C=O) groups is 1. The summed E-state index contributed by atoms with van der Waals surface area (Å²) >= 11 is 0. The van der Waals surface area contributed by atoms with Crippen LogP contribution in [0.4, 0.5) is 13.2 Å². The van der Waals surface area contributed by atoms with Gasteiger partial charge in [-0.05, 0) is 48.6 Å². The van der Waals surface area contributed by atoms with E-state index in [2.05, 4.69) is 34.1 Å². The molecule has 1 fully saturated rings. The number of alkyl halides is 3. The number of nitrogens with zero attached hydrogens (tertiary/aromatic N) is 3. The molecule has 0 saturated carbocycles. The maximum absolute atomic E-state index is 13.7. The molecule has 3 aromatic rings. The molecule has 38 heavy (non-hydrogen) atoms. The van der Waals surface area contributed by atoms with Crippen LogP contribution in [0.5, 0.6) is 0 Å². The van der Waals surface area contributed by atoms with Crippen molar-refractivity contribution >= 4 is 5.91 Å². The van der Waals surface area contributed by atoms with E-state index in [9.17, 15) is 18.0 Å². The summed E-state index contributed by atoms with van der Waals surface area (Å²) in [6, 6.07) is 23.9. The number of likely N-dealkylation sites (N-methyl/N-ethyl adjacent to an activating group) is 1. The highest BCUT2D eigenvalue weighted by atomic mass is 19.4. The minimum Gasteiger partial charge on any atom is -0.344 e. The lowest BCUT2D eigenvalue weighted by Crippen LogP contribution is -2.51. The molecule has 3 aromatic carbocycles. The highest BCUT2D eigenvalue weighted by Crippen LogP contribution is 2.31. The molecule has 0 aromatic heterocycles. The third-order valence-electron chi connectivity index (χ3n) is 7.26.